The fourth-order valence-corrected chi connectivity index (χ4v) is 3.33. The van der Waals surface area contributed by atoms with Crippen molar-refractivity contribution in [2.24, 2.45) is 4.99 Å². The fourth-order valence-electron chi connectivity index (χ4n) is 3.33. The summed E-state index contributed by atoms with van der Waals surface area (Å²) in [5.41, 5.74) is 7.39. The highest BCUT2D eigenvalue weighted by Crippen LogP contribution is 2.45. The van der Waals surface area contributed by atoms with Gasteiger partial charge in [-0.15, -0.1) is 0 Å². The van der Waals surface area contributed by atoms with Gasteiger partial charge in [-0.2, -0.15) is 0 Å². The fraction of sp³-hybridized carbons (Fsp3) is 0.500. The summed E-state index contributed by atoms with van der Waals surface area (Å²) in [6.07, 6.45) is 1.17. The maximum absolute atomic E-state index is 12.5. The van der Waals surface area contributed by atoms with Gasteiger partial charge >= 0.3 is 6.09 Å². The van der Waals surface area contributed by atoms with Crippen molar-refractivity contribution in [3.8, 4) is 0 Å². The first-order valence-electron chi connectivity index (χ1n) is 8.35. The van der Waals surface area contributed by atoms with Crippen LogP contribution in [0.15, 0.2) is 23.2 Å². The van der Waals surface area contributed by atoms with E-state index < -0.39 is 17.2 Å². The van der Waals surface area contributed by atoms with E-state index in [1.807, 2.05) is 18.2 Å². The molecule has 1 aromatic rings. The van der Waals surface area contributed by atoms with Crippen LogP contribution in [-0.4, -0.2) is 35.5 Å². The molecular formula is C18H24N4O3. The van der Waals surface area contributed by atoms with Crippen LogP contribution in [0.5, 0.6) is 0 Å². The van der Waals surface area contributed by atoms with Crippen LogP contribution in [0.1, 0.15) is 44.7 Å². The first-order chi connectivity index (χ1) is 11.6. The van der Waals surface area contributed by atoms with E-state index in [1.165, 1.54) is 4.90 Å². The molecule has 1 heterocycles. The molecule has 0 fully saturated rings. The Hall–Kier alpha value is -2.57. The number of nitrogens with two attached hydrogens (primary N) is 1. The van der Waals surface area contributed by atoms with E-state index in [2.05, 4.69) is 5.32 Å². The molecule has 0 radical (unpaired) electrons. The van der Waals surface area contributed by atoms with Crippen LogP contribution >= 0.6 is 0 Å². The molecule has 0 aromatic heterocycles. The molecule has 7 heteroatoms. The van der Waals surface area contributed by atoms with Gasteiger partial charge in [-0.25, -0.2) is 9.79 Å². The Bertz CT molecular complexity index is 766. The van der Waals surface area contributed by atoms with E-state index in [0.29, 0.717) is 12.1 Å². The lowest BCUT2D eigenvalue weighted by Gasteiger charge is -2.35. The lowest BCUT2D eigenvalue weighted by molar-refractivity contribution is -0.128. The molecule has 2 aliphatic rings. The Morgan fingerprint density at radius 2 is 2.12 bits per heavy atom. The van der Waals surface area contributed by atoms with Gasteiger partial charge in [0, 0.05) is 12.7 Å². The lowest BCUT2D eigenvalue weighted by atomic mass is 9.87. The SMILES string of the molecule is CN1C(=O)C[C@]2(CCc3ccc(N)cc32)N=C1NC(=O)OC(C)(C)C. The highest BCUT2D eigenvalue weighted by Gasteiger charge is 2.45. The minimum Gasteiger partial charge on any atom is -0.444 e. The number of nitrogens with one attached hydrogen (secondary N) is 1. The van der Waals surface area contributed by atoms with Gasteiger partial charge in [0.25, 0.3) is 0 Å². The van der Waals surface area contributed by atoms with Crippen LogP contribution in [0.2, 0.25) is 0 Å². The quantitative estimate of drug-likeness (QED) is 0.705. The number of guanidine groups is 1. The van der Waals surface area contributed by atoms with E-state index >= 15 is 0 Å². The minimum atomic E-state index is -0.668. The standard InChI is InChI=1S/C18H24N4O3/c1-17(2,3)25-16(24)20-15-21-18(10-14(23)22(15)4)8-7-11-5-6-12(19)9-13(11)18/h5-6,9H,7-8,10,19H2,1-4H3,(H,20,21,24)/t18-/m0/s1. The molecule has 0 unspecified atom stereocenters. The minimum absolute atomic E-state index is 0.101. The summed E-state index contributed by atoms with van der Waals surface area (Å²) in [6.45, 7) is 5.34. The van der Waals surface area contributed by atoms with Crippen molar-refractivity contribution < 1.29 is 14.3 Å². The Kier molecular flexibility index (Phi) is 3.97. The molecule has 7 nitrogen and oxygen atoms in total. The number of hydrogen-bond acceptors (Lipinski definition) is 5. The van der Waals surface area contributed by atoms with Gasteiger partial charge in [-0.05, 0) is 56.9 Å². The number of aryl methyl sites for hydroxylation is 1. The zero-order valence-corrected chi connectivity index (χ0v) is 15.0. The molecule has 25 heavy (non-hydrogen) atoms. The van der Waals surface area contributed by atoms with E-state index in [4.69, 9.17) is 15.5 Å². The molecule has 134 valence electrons. The summed E-state index contributed by atoms with van der Waals surface area (Å²) in [5, 5.41) is 2.61. The molecule has 1 aromatic carbocycles. The summed E-state index contributed by atoms with van der Waals surface area (Å²) in [4.78, 5) is 30.8. The van der Waals surface area contributed by atoms with Gasteiger partial charge < -0.3 is 10.5 Å². The van der Waals surface area contributed by atoms with Crippen LogP contribution in [-0.2, 0) is 21.5 Å². The summed E-state index contributed by atoms with van der Waals surface area (Å²) in [7, 11) is 1.60. The van der Waals surface area contributed by atoms with Gasteiger partial charge in [0.1, 0.15) is 5.60 Å². The number of aliphatic imine (C=N–C) groups is 1. The molecule has 0 saturated heterocycles. The number of anilines is 1. The molecule has 3 N–H and O–H groups in total. The molecule has 3 rings (SSSR count). The number of nitrogens with zero attached hydrogens (tertiary/aromatic N) is 2. The third kappa shape index (κ3) is 3.31. The predicted molar refractivity (Wildman–Crippen MR) is 95.0 cm³/mol. The second-order valence-corrected chi connectivity index (χ2v) is 7.64. The largest absolute Gasteiger partial charge is 0.444 e. The van der Waals surface area contributed by atoms with E-state index in [1.54, 1.807) is 27.8 Å². The van der Waals surface area contributed by atoms with E-state index in [-0.39, 0.29) is 18.3 Å². The molecule has 1 aliphatic heterocycles. The van der Waals surface area contributed by atoms with Crippen molar-refractivity contribution >= 4 is 23.6 Å². The maximum Gasteiger partial charge on any atom is 0.414 e. The number of ether oxygens (including phenoxy) is 1. The Labute approximate surface area is 147 Å². The van der Waals surface area contributed by atoms with Crippen LogP contribution in [0.3, 0.4) is 0 Å². The Morgan fingerprint density at radius 3 is 2.80 bits per heavy atom. The second-order valence-electron chi connectivity index (χ2n) is 7.64. The van der Waals surface area contributed by atoms with Crippen molar-refractivity contribution in [1.82, 2.24) is 10.2 Å². The number of hydrogen-bond donors (Lipinski definition) is 2. The Balaban J connectivity index is 1.95. The van der Waals surface area contributed by atoms with Gasteiger partial charge in [-0.1, -0.05) is 6.07 Å². The molecule has 1 aliphatic carbocycles. The van der Waals surface area contributed by atoms with E-state index in [0.717, 1.165) is 17.5 Å². The van der Waals surface area contributed by atoms with Gasteiger partial charge in [-0.3, -0.25) is 15.0 Å². The summed E-state index contributed by atoms with van der Waals surface area (Å²) < 4.78 is 5.27. The number of fused-ring (bicyclic) bond motifs is 2. The summed E-state index contributed by atoms with van der Waals surface area (Å²) in [5.74, 6) is 0.108. The smallest absolute Gasteiger partial charge is 0.414 e. The third-order valence-corrected chi connectivity index (χ3v) is 4.51. The zero-order valence-electron chi connectivity index (χ0n) is 15.0. The molecule has 2 amide bonds. The van der Waals surface area contributed by atoms with Crippen molar-refractivity contribution in [2.45, 2.75) is 51.2 Å². The first-order valence-corrected chi connectivity index (χ1v) is 8.35. The molecular weight excluding hydrogens is 320 g/mol. The average Bonchev–Trinajstić information content (AvgIpc) is 2.80. The second kappa shape index (κ2) is 5.75. The van der Waals surface area contributed by atoms with E-state index in [9.17, 15) is 9.59 Å². The first kappa shape index (κ1) is 17.3. The Morgan fingerprint density at radius 1 is 1.40 bits per heavy atom. The van der Waals surface area contributed by atoms with Crippen molar-refractivity contribution in [3.63, 3.8) is 0 Å². The van der Waals surface area contributed by atoms with Crippen LogP contribution in [0, 0.1) is 0 Å². The van der Waals surface area contributed by atoms with Crippen LogP contribution < -0.4 is 11.1 Å². The lowest BCUT2D eigenvalue weighted by Crippen LogP contribution is -2.52. The normalized spacial score (nSPS) is 22.6. The number of nitrogen functional groups attached to an aromatic ring is 1. The third-order valence-electron chi connectivity index (χ3n) is 4.51. The number of benzene rings is 1. The number of amides is 2. The summed E-state index contributed by atoms with van der Waals surface area (Å²) >= 11 is 0. The predicted octanol–water partition coefficient (Wildman–Crippen LogP) is 2.15. The highest BCUT2D eigenvalue weighted by molar-refractivity contribution is 6.05. The van der Waals surface area contributed by atoms with Crippen molar-refractivity contribution in [1.29, 1.82) is 0 Å². The monoisotopic (exact) mass is 344 g/mol. The van der Waals surface area contributed by atoms with Crippen LogP contribution in [0.4, 0.5) is 10.5 Å². The number of alkyl carbamates (subject to hydrolysis) is 1. The van der Waals surface area contributed by atoms with Gasteiger partial charge in [0.15, 0.2) is 0 Å². The maximum atomic E-state index is 12.5. The van der Waals surface area contributed by atoms with Crippen molar-refractivity contribution in [2.75, 3.05) is 12.8 Å². The van der Waals surface area contributed by atoms with Gasteiger partial charge in [0.2, 0.25) is 11.9 Å². The van der Waals surface area contributed by atoms with Crippen molar-refractivity contribution in [3.05, 3.63) is 29.3 Å². The molecule has 1 atom stereocenters. The molecule has 0 bridgehead atoms. The average molecular weight is 344 g/mol. The van der Waals surface area contributed by atoms with Crippen LogP contribution in [0.25, 0.3) is 0 Å². The number of rotatable bonds is 0. The van der Waals surface area contributed by atoms with Gasteiger partial charge in [0.05, 0.1) is 12.0 Å². The highest BCUT2D eigenvalue weighted by atomic mass is 16.6. The topological polar surface area (TPSA) is 97.0 Å². The number of carbonyl (C=O) groups excluding carboxylic acids is 2. The molecule has 1 spiro atoms. The summed E-state index contributed by atoms with van der Waals surface area (Å²) in [6, 6.07) is 5.73. The zero-order chi connectivity index (χ0) is 18.4. The molecule has 0 saturated carbocycles. The number of carbonyl (C=O) groups is 2.